The van der Waals surface area contributed by atoms with E-state index in [0.717, 1.165) is 16.3 Å². The minimum Gasteiger partial charge on any atom is -0.495 e. The highest BCUT2D eigenvalue weighted by Crippen LogP contribution is 2.29. The highest BCUT2D eigenvalue weighted by atomic mass is 35.5. The number of hydrogen-bond acceptors (Lipinski definition) is 4. The van der Waals surface area contributed by atoms with Gasteiger partial charge in [0, 0.05) is 25.2 Å². The molecule has 27 heavy (non-hydrogen) atoms. The molecular formula is C19H21ClN2O4S. The van der Waals surface area contributed by atoms with Gasteiger partial charge in [0.15, 0.2) is 0 Å². The maximum atomic E-state index is 12.9. The standard InChI is InChI=1S/C19H21ClN2O4S/c1-21(27(24,25)18-11-16(20)7-8-17(18)26-2)13-19(23)22-10-9-14-5-3-4-6-15(14)12-22/h3-8,11H,9-10,12-13H2,1-2H3. The molecule has 0 fully saturated rings. The van der Waals surface area contributed by atoms with Crippen LogP contribution >= 0.6 is 11.6 Å². The monoisotopic (exact) mass is 408 g/mol. The molecule has 0 radical (unpaired) electrons. The number of fused-ring (bicyclic) bond motifs is 1. The number of methoxy groups -OCH3 is 1. The molecule has 1 heterocycles. The first-order valence-corrected chi connectivity index (χ1v) is 10.3. The Hall–Kier alpha value is -2.09. The minimum absolute atomic E-state index is 0.0585. The van der Waals surface area contributed by atoms with Crippen LogP contribution in [-0.2, 0) is 27.8 Å². The molecule has 1 amide bonds. The Labute approximate surface area is 164 Å². The summed E-state index contributed by atoms with van der Waals surface area (Å²) in [6.07, 6.45) is 0.764. The number of carbonyl (C=O) groups excluding carboxylic acids is 1. The summed E-state index contributed by atoms with van der Waals surface area (Å²) in [5.74, 6) is -0.0535. The molecular weight excluding hydrogens is 388 g/mol. The Bertz CT molecular complexity index is 962. The Morgan fingerprint density at radius 1 is 1.22 bits per heavy atom. The van der Waals surface area contributed by atoms with Crippen molar-refractivity contribution in [2.75, 3.05) is 27.2 Å². The van der Waals surface area contributed by atoms with Crippen LogP contribution in [0.25, 0.3) is 0 Å². The van der Waals surface area contributed by atoms with Crippen LogP contribution in [0.4, 0.5) is 0 Å². The maximum absolute atomic E-state index is 12.9. The summed E-state index contributed by atoms with van der Waals surface area (Å²) >= 11 is 5.95. The summed E-state index contributed by atoms with van der Waals surface area (Å²) in [5, 5.41) is 0.279. The fraction of sp³-hybridized carbons (Fsp3) is 0.316. The van der Waals surface area contributed by atoms with E-state index < -0.39 is 10.0 Å². The van der Waals surface area contributed by atoms with Crippen LogP contribution in [0.5, 0.6) is 5.75 Å². The Kier molecular flexibility index (Phi) is 5.74. The highest BCUT2D eigenvalue weighted by Gasteiger charge is 2.29. The fourth-order valence-corrected chi connectivity index (χ4v) is 4.64. The van der Waals surface area contributed by atoms with E-state index in [9.17, 15) is 13.2 Å². The molecule has 8 heteroatoms. The van der Waals surface area contributed by atoms with E-state index in [1.165, 1.54) is 31.9 Å². The molecule has 3 rings (SSSR count). The minimum atomic E-state index is -3.92. The number of nitrogens with zero attached hydrogens (tertiary/aromatic N) is 2. The number of hydrogen-bond donors (Lipinski definition) is 0. The van der Waals surface area contributed by atoms with Crippen molar-refractivity contribution in [2.45, 2.75) is 17.9 Å². The summed E-state index contributed by atoms with van der Waals surface area (Å²) in [6.45, 7) is 0.813. The molecule has 144 valence electrons. The van der Waals surface area contributed by atoms with E-state index in [4.69, 9.17) is 16.3 Å². The molecule has 0 N–H and O–H groups in total. The normalized spacial score (nSPS) is 14.1. The molecule has 0 unspecified atom stereocenters. The van der Waals surface area contributed by atoms with Crippen molar-refractivity contribution in [3.63, 3.8) is 0 Å². The van der Waals surface area contributed by atoms with Crippen LogP contribution < -0.4 is 4.74 Å². The van der Waals surface area contributed by atoms with Crippen LogP contribution in [-0.4, -0.2) is 50.8 Å². The van der Waals surface area contributed by atoms with Crippen molar-refractivity contribution in [1.29, 1.82) is 0 Å². The quantitative estimate of drug-likeness (QED) is 0.762. The Morgan fingerprint density at radius 2 is 1.93 bits per heavy atom. The molecule has 0 aliphatic carbocycles. The van der Waals surface area contributed by atoms with Gasteiger partial charge >= 0.3 is 0 Å². The van der Waals surface area contributed by atoms with Crippen LogP contribution in [0, 0.1) is 0 Å². The average molecular weight is 409 g/mol. The van der Waals surface area contributed by atoms with E-state index in [0.29, 0.717) is 13.1 Å². The molecule has 2 aromatic rings. The number of rotatable bonds is 5. The highest BCUT2D eigenvalue weighted by molar-refractivity contribution is 7.89. The van der Waals surface area contributed by atoms with Crippen molar-refractivity contribution in [3.05, 3.63) is 58.6 Å². The predicted octanol–water partition coefficient (Wildman–Crippen LogP) is 2.55. The lowest BCUT2D eigenvalue weighted by atomic mass is 10.00. The molecule has 1 aliphatic rings. The number of ether oxygens (including phenoxy) is 1. The molecule has 0 atom stereocenters. The zero-order valence-electron chi connectivity index (χ0n) is 15.2. The summed E-state index contributed by atoms with van der Waals surface area (Å²) < 4.78 is 32.0. The van der Waals surface area contributed by atoms with Gasteiger partial charge in [-0.05, 0) is 35.7 Å². The van der Waals surface area contributed by atoms with Gasteiger partial charge in [0.25, 0.3) is 0 Å². The largest absolute Gasteiger partial charge is 0.495 e. The summed E-state index contributed by atoms with van der Waals surface area (Å²) in [5.41, 5.74) is 2.32. The average Bonchev–Trinajstić information content (AvgIpc) is 2.67. The maximum Gasteiger partial charge on any atom is 0.247 e. The lowest BCUT2D eigenvalue weighted by Gasteiger charge is -2.30. The van der Waals surface area contributed by atoms with Gasteiger partial charge in [-0.15, -0.1) is 0 Å². The van der Waals surface area contributed by atoms with E-state index in [1.54, 1.807) is 11.0 Å². The van der Waals surface area contributed by atoms with Crippen LogP contribution in [0.3, 0.4) is 0 Å². The van der Waals surface area contributed by atoms with Gasteiger partial charge in [-0.25, -0.2) is 8.42 Å². The first-order valence-electron chi connectivity index (χ1n) is 8.47. The number of carbonyl (C=O) groups is 1. The lowest BCUT2D eigenvalue weighted by molar-refractivity contribution is -0.132. The van der Waals surface area contributed by atoms with Crippen molar-refractivity contribution in [3.8, 4) is 5.75 Å². The molecule has 6 nitrogen and oxygen atoms in total. The third-order valence-corrected chi connectivity index (χ3v) is 6.71. The van der Waals surface area contributed by atoms with Gasteiger partial charge in [-0.3, -0.25) is 4.79 Å². The zero-order chi connectivity index (χ0) is 19.6. The molecule has 0 aromatic heterocycles. The van der Waals surface area contributed by atoms with Crippen LogP contribution in [0.15, 0.2) is 47.4 Å². The summed E-state index contributed by atoms with van der Waals surface area (Å²) in [7, 11) is -1.15. The number of halogens is 1. The number of likely N-dealkylation sites (N-methyl/N-ethyl adjacent to an activating group) is 1. The van der Waals surface area contributed by atoms with Gasteiger partial charge in [0.2, 0.25) is 15.9 Å². The second-order valence-electron chi connectivity index (χ2n) is 6.39. The van der Waals surface area contributed by atoms with Crippen LogP contribution in [0.1, 0.15) is 11.1 Å². The van der Waals surface area contributed by atoms with E-state index in [1.807, 2.05) is 18.2 Å². The van der Waals surface area contributed by atoms with E-state index in [-0.39, 0.29) is 28.1 Å². The van der Waals surface area contributed by atoms with E-state index >= 15 is 0 Å². The van der Waals surface area contributed by atoms with Crippen molar-refractivity contribution in [1.82, 2.24) is 9.21 Å². The third-order valence-electron chi connectivity index (χ3n) is 4.66. The first kappa shape index (κ1) is 19.7. The van der Waals surface area contributed by atoms with Crippen molar-refractivity contribution >= 4 is 27.5 Å². The molecule has 2 aromatic carbocycles. The van der Waals surface area contributed by atoms with Gasteiger partial charge in [-0.2, -0.15) is 4.31 Å². The first-order chi connectivity index (χ1) is 12.8. The molecule has 0 spiro atoms. The zero-order valence-corrected chi connectivity index (χ0v) is 16.8. The summed E-state index contributed by atoms with van der Waals surface area (Å²) in [6, 6.07) is 12.3. The van der Waals surface area contributed by atoms with Gasteiger partial charge in [-0.1, -0.05) is 35.9 Å². The van der Waals surface area contributed by atoms with Crippen LogP contribution in [0.2, 0.25) is 5.02 Å². The molecule has 0 bridgehead atoms. The third kappa shape index (κ3) is 4.10. The summed E-state index contributed by atoms with van der Waals surface area (Å²) in [4.78, 5) is 14.3. The van der Waals surface area contributed by atoms with Crippen molar-refractivity contribution < 1.29 is 17.9 Å². The topological polar surface area (TPSA) is 66.9 Å². The smallest absolute Gasteiger partial charge is 0.247 e. The molecule has 0 saturated carbocycles. The van der Waals surface area contributed by atoms with Gasteiger partial charge in [0.1, 0.15) is 10.6 Å². The predicted molar refractivity (Wildman–Crippen MR) is 103 cm³/mol. The second kappa shape index (κ2) is 7.88. The Morgan fingerprint density at radius 3 is 2.63 bits per heavy atom. The van der Waals surface area contributed by atoms with E-state index in [2.05, 4.69) is 6.07 Å². The van der Waals surface area contributed by atoms with Gasteiger partial charge in [0.05, 0.1) is 13.7 Å². The SMILES string of the molecule is COc1ccc(Cl)cc1S(=O)(=O)N(C)CC(=O)N1CCc2ccccc2C1. The fourth-order valence-electron chi connectivity index (χ4n) is 3.10. The number of sulfonamides is 1. The molecule has 0 saturated heterocycles. The second-order valence-corrected chi connectivity index (χ2v) is 8.84. The number of benzene rings is 2. The lowest BCUT2D eigenvalue weighted by Crippen LogP contribution is -2.43. The van der Waals surface area contributed by atoms with Gasteiger partial charge < -0.3 is 9.64 Å². The molecule has 1 aliphatic heterocycles. The number of amides is 1. The van der Waals surface area contributed by atoms with Crippen molar-refractivity contribution in [2.24, 2.45) is 0 Å². The Balaban J connectivity index is 1.76.